The van der Waals surface area contributed by atoms with Gasteiger partial charge in [0.15, 0.2) is 0 Å². The van der Waals surface area contributed by atoms with E-state index >= 15 is 0 Å². The zero-order valence-corrected chi connectivity index (χ0v) is 14.7. The highest BCUT2D eigenvalue weighted by molar-refractivity contribution is 6.40. The fourth-order valence-electron chi connectivity index (χ4n) is 2.01. The van der Waals surface area contributed by atoms with Crippen LogP contribution in [0.4, 0.5) is 5.69 Å². The highest BCUT2D eigenvalue weighted by atomic mass is 35.5. The van der Waals surface area contributed by atoms with Crippen LogP contribution in [0, 0.1) is 6.92 Å². The molecule has 0 heterocycles. The van der Waals surface area contributed by atoms with E-state index in [2.05, 4.69) is 15.8 Å². The molecule has 2 N–H and O–H groups in total. The molecule has 0 saturated carbocycles. The van der Waals surface area contributed by atoms with Crippen LogP contribution in [0.1, 0.15) is 18.1 Å². The SMILES string of the molecule is CC(/C=N\NC(=O)C(=O)Nc1cccc(Cl)c1C)=C/c1ccccc1. The molecule has 0 saturated heterocycles. The number of benzene rings is 2. The van der Waals surface area contributed by atoms with E-state index in [0.717, 1.165) is 11.1 Å². The third kappa shape index (κ3) is 5.58. The summed E-state index contributed by atoms with van der Waals surface area (Å²) in [5.74, 6) is -1.67. The number of anilines is 1. The number of nitrogens with one attached hydrogen (secondary N) is 2. The Morgan fingerprint density at radius 1 is 1.04 bits per heavy atom. The average Bonchev–Trinajstić information content (AvgIpc) is 2.59. The number of rotatable bonds is 4. The molecule has 25 heavy (non-hydrogen) atoms. The van der Waals surface area contributed by atoms with Crippen LogP contribution in [0.2, 0.25) is 5.02 Å². The molecule has 2 amide bonds. The first kappa shape index (κ1) is 18.4. The summed E-state index contributed by atoms with van der Waals surface area (Å²) < 4.78 is 0. The minimum absolute atomic E-state index is 0.483. The number of allylic oxidation sites excluding steroid dienone is 1. The summed E-state index contributed by atoms with van der Waals surface area (Å²) >= 11 is 5.98. The van der Waals surface area contributed by atoms with E-state index in [0.29, 0.717) is 16.3 Å². The van der Waals surface area contributed by atoms with Gasteiger partial charge in [0.25, 0.3) is 0 Å². The maximum atomic E-state index is 11.9. The van der Waals surface area contributed by atoms with E-state index in [4.69, 9.17) is 11.6 Å². The van der Waals surface area contributed by atoms with Crippen molar-refractivity contribution in [1.29, 1.82) is 0 Å². The van der Waals surface area contributed by atoms with Crippen molar-refractivity contribution >= 4 is 41.4 Å². The first-order valence-electron chi connectivity index (χ1n) is 7.60. The zero-order chi connectivity index (χ0) is 18.2. The molecule has 0 aromatic heterocycles. The molecule has 5 nitrogen and oxygen atoms in total. The molecule has 0 radical (unpaired) electrons. The summed E-state index contributed by atoms with van der Waals surface area (Å²) in [7, 11) is 0. The monoisotopic (exact) mass is 355 g/mol. The van der Waals surface area contributed by atoms with Gasteiger partial charge in [0.05, 0.1) is 6.21 Å². The van der Waals surface area contributed by atoms with Crippen LogP contribution in [-0.2, 0) is 9.59 Å². The van der Waals surface area contributed by atoms with E-state index < -0.39 is 11.8 Å². The summed E-state index contributed by atoms with van der Waals surface area (Å²) in [4.78, 5) is 23.7. The lowest BCUT2D eigenvalue weighted by molar-refractivity contribution is -0.136. The Morgan fingerprint density at radius 2 is 1.76 bits per heavy atom. The second-order valence-corrected chi connectivity index (χ2v) is 5.77. The molecule has 128 valence electrons. The van der Waals surface area contributed by atoms with Crippen molar-refractivity contribution in [3.8, 4) is 0 Å². The van der Waals surface area contributed by atoms with Crippen molar-refractivity contribution in [2.45, 2.75) is 13.8 Å². The molecule has 2 aromatic rings. The van der Waals surface area contributed by atoms with Crippen LogP contribution >= 0.6 is 11.6 Å². The first-order valence-corrected chi connectivity index (χ1v) is 7.98. The Morgan fingerprint density at radius 3 is 2.48 bits per heavy atom. The molecular weight excluding hydrogens is 338 g/mol. The third-order valence-electron chi connectivity index (χ3n) is 3.35. The highest BCUT2D eigenvalue weighted by Gasteiger charge is 2.14. The smallest absolute Gasteiger partial charge is 0.317 e. The summed E-state index contributed by atoms with van der Waals surface area (Å²) in [6.45, 7) is 3.60. The number of hydrogen-bond donors (Lipinski definition) is 2. The van der Waals surface area contributed by atoms with Crippen LogP contribution in [0.25, 0.3) is 6.08 Å². The molecule has 0 unspecified atom stereocenters. The molecule has 2 rings (SSSR count). The molecule has 2 aromatic carbocycles. The molecule has 0 atom stereocenters. The normalized spacial score (nSPS) is 11.4. The van der Waals surface area contributed by atoms with Crippen LogP contribution in [0.3, 0.4) is 0 Å². The molecule has 0 fully saturated rings. The molecule has 6 heteroatoms. The van der Waals surface area contributed by atoms with Crippen LogP contribution in [0.15, 0.2) is 59.2 Å². The van der Waals surface area contributed by atoms with Crippen molar-refractivity contribution in [2.24, 2.45) is 5.10 Å². The summed E-state index contributed by atoms with van der Waals surface area (Å²) in [5, 5.41) is 6.81. The Hall–Kier alpha value is -2.92. The van der Waals surface area contributed by atoms with Crippen LogP contribution < -0.4 is 10.7 Å². The van der Waals surface area contributed by atoms with Gasteiger partial charge in [0.2, 0.25) is 0 Å². The maximum absolute atomic E-state index is 11.9. The van der Waals surface area contributed by atoms with Gasteiger partial charge in [-0.25, -0.2) is 5.43 Å². The maximum Gasteiger partial charge on any atom is 0.329 e. The van der Waals surface area contributed by atoms with E-state index in [1.807, 2.05) is 43.3 Å². The van der Waals surface area contributed by atoms with Gasteiger partial charge in [-0.3, -0.25) is 9.59 Å². The van der Waals surface area contributed by atoms with Gasteiger partial charge in [0, 0.05) is 10.7 Å². The van der Waals surface area contributed by atoms with Gasteiger partial charge < -0.3 is 5.32 Å². The highest BCUT2D eigenvalue weighted by Crippen LogP contribution is 2.22. The number of halogens is 1. The lowest BCUT2D eigenvalue weighted by Gasteiger charge is -2.08. The van der Waals surface area contributed by atoms with Crippen molar-refractivity contribution < 1.29 is 9.59 Å². The fraction of sp³-hybridized carbons (Fsp3) is 0.105. The topological polar surface area (TPSA) is 70.6 Å². The Bertz CT molecular complexity index is 830. The first-order chi connectivity index (χ1) is 12.0. The van der Waals surface area contributed by atoms with Gasteiger partial charge in [-0.2, -0.15) is 5.10 Å². The summed E-state index contributed by atoms with van der Waals surface area (Å²) in [6, 6.07) is 14.8. The van der Waals surface area contributed by atoms with Crippen molar-refractivity contribution in [1.82, 2.24) is 5.43 Å². The second kappa shape index (κ2) is 8.80. The van der Waals surface area contributed by atoms with Gasteiger partial charge in [-0.05, 0) is 42.7 Å². The molecular formula is C19H18ClN3O2. The predicted molar refractivity (Wildman–Crippen MR) is 102 cm³/mol. The Labute approximate surface area is 151 Å². The Kier molecular flexibility index (Phi) is 6.48. The minimum Gasteiger partial charge on any atom is -0.317 e. The fourth-order valence-corrected chi connectivity index (χ4v) is 2.19. The van der Waals surface area contributed by atoms with Gasteiger partial charge in [0.1, 0.15) is 0 Å². The summed E-state index contributed by atoms with van der Waals surface area (Å²) in [6.07, 6.45) is 3.38. The molecule has 0 aliphatic heterocycles. The van der Waals surface area contributed by atoms with Gasteiger partial charge >= 0.3 is 11.8 Å². The van der Waals surface area contributed by atoms with E-state index in [1.165, 1.54) is 6.21 Å². The van der Waals surface area contributed by atoms with E-state index in [1.54, 1.807) is 25.1 Å². The average molecular weight is 356 g/mol. The molecule has 0 aliphatic rings. The number of amides is 2. The van der Waals surface area contributed by atoms with E-state index in [-0.39, 0.29) is 0 Å². The number of hydrogen-bond acceptors (Lipinski definition) is 3. The number of nitrogens with zero attached hydrogens (tertiary/aromatic N) is 1. The van der Waals surface area contributed by atoms with E-state index in [9.17, 15) is 9.59 Å². The third-order valence-corrected chi connectivity index (χ3v) is 3.76. The predicted octanol–water partition coefficient (Wildman–Crippen LogP) is 3.79. The van der Waals surface area contributed by atoms with Gasteiger partial charge in [-0.1, -0.05) is 54.1 Å². The number of carbonyl (C=O) groups excluding carboxylic acids is 2. The van der Waals surface area contributed by atoms with Crippen LogP contribution in [0.5, 0.6) is 0 Å². The lowest BCUT2D eigenvalue weighted by Crippen LogP contribution is -2.32. The Balaban J connectivity index is 1.92. The zero-order valence-electron chi connectivity index (χ0n) is 13.9. The van der Waals surface area contributed by atoms with Gasteiger partial charge in [-0.15, -0.1) is 0 Å². The van der Waals surface area contributed by atoms with Crippen LogP contribution in [-0.4, -0.2) is 18.0 Å². The standard InChI is InChI=1S/C19H18ClN3O2/c1-13(11-15-7-4-3-5-8-15)12-21-23-19(25)18(24)22-17-10-6-9-16(20)14(17)2/h3-12H,1-2H3,(H,22,24)(H,23,25)/b13-11-,21-12-. The summed E-state index contributed by atoms with van der Waals surface area (Å²) in [5.41, 5.74) is 5.22. The lowest BCUT2D eigenvalue weighted by atomic mass is 10.1. The molecule has 0 bridgehead atoms. The van der Waals surface area contributed by atoms with Crippen molar-refractivity contribution in [3.63, 3.8) is 0 Å². The van der Waals surface area contributed by atoms with Crippen molar-refractivity contribution in [2.75, 3.05) is 5.32 Å². The molecule has 0 aliphatic carbocycles. The minimum atomic E-state index is -0.858. The van der Waals surface area contributed by atoms with Crippen molar-refractivity contribution in [3.05, 3.63) is 70.3 Å². The number of hydrazone groups is 1. The quantitative estimate of drug-likeness (QED) is 0.497. The molecule has 0 spiro atoms. The number of carbonyl (C=O) groups is 2. The largest absolute Gasteiger partial charge is 0.329 e. The second-order valence-electron chi connectivity index (χ2n) is 5.36.